The number of hydrogen-bond acceptors (Lipinski definition) is 5. The molecule has 34 heavy (non-hydrogen) atoms. The zero-order valence-corrected chi connectivity index (χ0v) is 21.7. The molecule has 6 nitrogen and oxygen atoms in total. The van der Waals surface area contributed by atoms with E-state index in [0.29, 0.717) is 30.9 Å². The summed E-state index contributed by atoms with van der Waals surface area (Å²) in [6, 6.07) is 16.2. The average molecular weight is 544 g/mol. The van der Waals surface area contributed by atoms with Crippen LogP contribution in [0.5, 0.6) is 11.5 Å². The molecule has 1 aliphatic rings. The van der Waals surface area contributed by atoms with Crippen LogP contribution >= 0.6 is 15.9 Å². The summed E-state index contributed by atoms with van der Waals surface area (Å²) in [7, 11) is -1.76. The molecular formula is C26H26BrNO5S. The molecule has 0 aliphatic carbocycles. The van der Waals surface area contributed by atoms with Crippen molar-refractivity contribution in [3.05, 3.63) is 81.3 Å². The summed E-state index contributed by atoms with van der Waals surface area (Å²) in [5, 5.41) is 0. The summed E-state index contributed by atoms with van der Waals surface area (Å²) in [5.74, 6) is 1.32. The van der Waals surface area contributed by atoms with Crippen LogP contribution in [0.25, 0.3) is 0 Å². The van der Waals surface area contributed by atoms with Gasteiger partial charge in [-0.1, -0.05) is 34.1 Å². The lowest BCUT2D eigenvalue weighted by Crippen LogP contribution is -2.30. The van der Waals surface area contributed by atoms with Gasteiger partial charge in [-0.15, -0.1) is 0 Å². The second-order valence-corrected chi connectivity index (χ2v) is 11.2. The predicted octanol–water partition coefficient (Wildman–Crippen LogP) is 5.23. The first-order valence-electron chi connectivity index (χ1n) is 10.8. The molecule has 0 radical (unpaired) electrons. The van der Waals surface area contributed by atoms with Crippen molar-refractivity contribution in [2.24, 2.45) is 0 Å². The number of benzene rings is 3. The van der Waals surface area contributed by atoms with Gasteiger partial charge in [-0.25, -0.2) is 8.42 Å². The number of ether oxygens (including phenoxy) is 2. The number of fused-ring (bicyclic) bond motifs is 1. The fourth-order valence-corrected chi connectivity index (χ4v) is 5.58. The van der Waals surface area contributed by atoms with E-state index in [9.17, 15) is 13.2 Å². The summed E-state index contributed by atoms with van der Waals surface area (Å²) in [6.07, 6.45) is 1.91. The Labute approximate surface area is 208 Å². The van der Waals surface area contributed by atoms with E-state index in [2.05, 4.69) is 15.9 Å². The van der Waals surface area contributed by atoms with Gasteiger partial charge in [0, 0.05) is 30.1 Å². The largest absolute Gasteiger partial charge is 0.457 e. The maximum Gasteiger partial charge on any atom is 0.231 e. The minimum atomic E-state index is -3.41. The zero-order valence-electron chi connectivity index (χ0n) is 19.3. The number of methoxy groups -OCH3 is 1. The molecule has 0 spiro atoms. The van der Waals surface area contributed by atoms with Crippen LogP contribution in [0, 0.1) is 6.92 Å². The van der Waals surface area contributed by atoms with E-state index in [-0.39, 0.29) is 17.2 Å². The Kier molecular flexibility index (Phi) is 7.12. The van der Waals surface area contributed by atoms with Crippen molar-refractivity contribution in [2.75, 3.05) is 24.8 Å². The monoisotopic (exact) mass is 543 g/mol. The Balaban J connectivity index is 1.56. The van der Waals surface area contributed by atoms with Crippen LogP contribution in [-0.2, 0) is 38.8 Å². The van der Waals surface area contributed by atoms with Crippen LogP contribution < -0.4 is 9.64 Å². The maximum absolute atomic E-state index is 13.2. The van der Waals surface area contributed by atoms with Crippen LogP contribution in [0.3, 0.4) is 0 Å². The minimum Gasteiger partial charge on any atom is -0.457 e. The van der Waals surface area contributed by atoms with Gasteiger partial charge in [-0.2, -0.15) is 0 Å². The molecule has 8 heteroatoms. The van der Waals surface area contributed by atoms with Crippen LogP contribution in [0.4, 0.5) is 5.69 Å². The highest BCUT2D eigenvalue weighted by Crippen LogP contribution is 2.38. The smallest absolute Gasteiger partial charge is 0.231 e. The van der Waals surface area contributed by atoms with Crippen LogP contribution in [0.15, 0.2) is 64.0 Å². The number of hydrogen-bond donors (Lipinski definition) is 0. The molecule has 1 heterocycles. The second-order valence-electron chi connectivity index (χ2n) is 8.33. The standard InChI is InChI=1S/C26H26BrNO5S/c1-17-21-12-13-28(26(29)15-18-6-4-5-7-25(18)34(3,30)31)23(21)10-11-24(17)33-20-8-9-22(27)19(14-20)16-32-2/h4-11,14H,12-13,15-16H2,1-3H3. The molecule has 0 saturated heterocycles. The summed E-state index contributed by atoms with van der Waals surface area (Å²) >= 11 is 3.52. The van der Waals surface area contributed by atoms with Crippen molar-refractivity contribution < 1.29 is 22.7 Å². The van der Waals surface area contributed by atoms with E-state index in [4.69, 9.17) is 9.47 Å². The zero-order chi connectivity index (χ0) is 24.5. The lowest BCUT2D eigenvalue weighted by molar-refractivity contribution is -0.117. The molecule has 1 aliphatic heterocycles. The molecule has 0 aromatic heterocycles. The van der Waals surface area contributed by atoms with Gasteiger partial charge in [0.2, 0.25) is 5.91 Å². The van der Waals surface area contributed by atoms with E-state index in [1.54, 1.807) is 36.3 Å². The van der Waals surface area contributed by atoms with Crippen molar-refractivity contribution in [3.63, 3.8) is 0 Å². The fourth-order valence-electron chi connectivity index (χ4n) is 4.28. The molecule has 0 bridgehead atoms. The minimum absolute atomic E-state index is 0.0289. The van der Waals surface area contributed by atoms with Crippen LogP contribution in [0.1, 0.15) is 22.3 Å². The highest BCUT2D eigenvalue weighted by Gasteiger charge is 2.28. The third-order valence-corrected chi connectivity index (χ3v) is 7.93. The van der Waals surface area contributed by atoms with Gasteiger partial charge < -0.3 is 14.4 Å². The third kappa shape index (κ3) is 5.04. The molecule has 178 valence electrons. The summed E-state index contributed by atoms with van der Waals surface area (Å²) in [5.41, 5.74) is 4.41. The summed E-state index contributed by atoms with van der Waals surface area (Å²) in [6.45, 7) is 3.02. The van der Waals surface area contributed by atoms with Gasteiger partial charge in [0.25, 0.3) is 0 Å². The van der Waals surface area contributed by atoms with E-state index in [0.717, 1.165) is 38.9 Å². The Bertz CT molecular complexity index is 1350. The molecule has 3 aromatic rings. The molecular weight excluding hydrogens is 518 g/mol. The highest BCUT2D eigenvalue weighted by atomic mass is 79.9. The number of carbonyl (C=O) groups excluding carboxylic acids is 1. The van der Waals surface area contributed by atoms with E-state index < -0.39 is 9.84 Å². The molecule has 0 fully saturated rings. The van der Waals surface area contributed by atoms with Gasteiger partial charge in [-0.05, 0) is 72.0 Å². The molecule has 0 atom stereocenters. The van der Waals surface area contributed by atoms with Gasteiger partial charge in [0.15, 0.2) is 9.84 Å². The van der Waals surface area contributed by atoms with Crippen molar-refractivity contribution in [1.82, 2.24) is 0 Å². The van der Waals surface area contributed by atoms with Gasteiger partial charge >= 0.3 is 0 Å². The number of halogens is 1. The van der Waals surface area contributed by atoms with Crippen LogP contribution in [0.2, 0.25) is 0 Å². The maximum atomic E-state index is 13.2. The lowest BCUT2D eigenvalue weighted by Gasteiger charge is -2.19. The number of nitrogens with zero attached hydrogens (tertiary/aromatic N) is 1. The number of carbonyl (C=O) groups is 1. The molecule has 3 aromatic carbocycles. The van der Waals surface area contributed by atoms with Crippen LogP contribution in [-0.4, -0.2) is 34.2 Å². The average Bonchev–Trinajstić information content (AvgIpc) is 3.23. The number of anilines is 1. The van der Waals surface area contributed by atoms with E-state index in [1.807, 2.05) is 37.3 Å². The predicted molar refractivity (Wildman–Crippen MR) is 135 cm³/mol. The summed E-state index contributed by atoms with van der Waals surface area (Å²) in [4.78, 5) is 15.1. The molecule has 0 saturated carbocycles. The van der Waals surface area contributed by atoms with Crippen molar-refractivity contribution in [1.29, 1.82) is 0 Å². The SMILES string of the molecule is COCc1cc(Oc2ccc3c(c2C)CCN3C(=O)Cc2ccccc2S(C)(=O)=O)ccc1Br. The van der Waals surface area contributed by atoms with Gasteiger partial charge in [-0.3, -0.25) is 4.79 Å². The van der Waals surface area contributed by atoms with Crippen molar-refractivity contribution in [2.45, 2.75) is 31.3 Å². The Morgan fingerprint density at radius 3 is 2.59 bits per heavy atom. The fraction of sp³-hybridized carbons (Fsp3) is 0.269. The highest BCUT2D eigenvalue weighted by molar-refractivity contribution is 9.10. The quantitative estimate of drug-likeness (QED) is 0.407. The molecule has 4 rings (SSSR count). The van der Waals surface area contributed by atoms with E-state index >= 15 is 0 Å². The van der Waals surface area contributed by atoms with E-state index in [1.165, 1.54) is 0 Å². The number of rotatable bonds is 7. The number of amides is 1. The van der Waals surface area contributed by atoms with Gasteiger partial charge in [0.1, 0.15) is 11.5 Å². The van der Waals surface area contributed by atoms with Crippen molar-refractivity contribution in [3.8, 4) is 11.5 Å². The Hall–Kier alpha value is -2.68. The Morgan fingerprint density at radius 1 is 1.09 bits per heavy atom. The third-order valence-electron chi connectivity index (χ3n) is 5.96. The normalized spacial score (nSPS) is 13.1. The lowest BCUT2D eigenvalue weighted by atomic mass is 10.0. The number of sulfone groups is 1. The van der Waals surface area contributed by atoms with Crippen molar-refractivity contribution >= 4 is 37.4 Å². The molecule has 0 unspecified atom stereocenters. The second kappa shape index (κ2) is 9.90. The summed E-state index contributed by atoms with van der Waals surface area (Å²) < 4.78 is 36.6. The first kappa shape index (κ1) is 24.4. The molecule has 0 N–H and O–H groups in total. The first-order chi connectivity index (χ1) is 16.2. The first-order valence-corrected chi connectivity index (χ1v) is 13.5. The topological polar surface area (TPSA) is 72.9 Å². The molecule has 1 amide bonds. The van der Waals surface area contributed by atoms with Gasteiger partial charge in [0.05, 0.1) is 17.9 Å². The Morgan fingerprint density at radius 2 is 1.85 bits per heavy atom.